The van der Waals surface area contributed by atoms with E-state index in [9.17, 15) is 4.79 Å². The molecule has 0 spiro atoms. The van der Waals surface area contributed by atoms with Gasteiger partial charge in [-0.05, 0) is 30.7 Å². The number of nitrogens with two attached hydrogens (primary N) is 1. The van der Waals surface area contributed by atoms with Crippen LogP contribution in [0.2, 0.25) is 0 Å². The van der Waals surface area contributed by atoms with E-state index < -0.39 is 0 Å². The van der Waals surface area contributed by atoms with Gasteiger partial charge >= 0.3 is 0 Å². The van der Waals surface area contributed by atoms with Crippen LogP contribution in [0.5, 0.6) is 0 Å². The highest BCUT2D eigenvalue weighted by Crippen LogP contribution is 2.37. The predicted octanol–water partition coefficient (Wildman–Crippen LogP) is 1.93. The van der Waals surface area contributed by atoms with Gasteiger partial charge in [0.05, 0.1) is 5.41 Å². The van der Waals surface area contributed by atoms with Gasteiger partial charge in [0.15, 0.2) is 0 Å². The molecule has 1 aliphatic rings. The monoisotopic (exact) mass is 252 g/mol. The Bertz CT molecular complexity index is 356. The molecule has 1 aromatic heterocycles. The van der Waals surface area contributed by atoms with Crippen molar-refractivity contribution >= 4 is 17.2 Å². The number of carbonyl (C=O) groups is 1. The molecule has 17 heavy (non-hydrogen) atoms. The minimum atomic E-state index is -0.268. The summed E-state index contributed by atoms with van der Waals surface area (Å²) in [6.45, 7) is 1.21. The Morgan fingerprint density at radius 1 is 1.47 bits per heavy atom. The molecule has 0 radical (unpaired) electrons. The van der Waals surface area contributed by atoms with Gasteiger partial charge in [-0.3, -0.25) is 4.79 Å². The number of hydrogen-bond donors (Lipinski definition) is 2. The minimum Gasteiger partial charge on any atom is -0.355 e. The lowest BCUT2D eigenvalue weighted by Gasteiger charge is -2.25. The zero-order valence-corrected chi connectivity index (χ0v) is 10.9. The van der Waals surface area contributed by atoms with Crippen LogP contribution in [0.1, 0.15) is 30.6 Å². The van der Waals surface area contributed by atoms with E-state index in [0.717, 1.165) is 38.6 Å². The van der Waals surface area contributed by atoms with E-state index >= 15 is 0 Å². The Hall–Kier alpha value is -0.870. The zero-order chi connectivity index (χ0) is 12.1. The van der Waals surface area contributed by atoms with Gasteiger partial charge in [0.25, 0.3) is 0 Å². The van der Waals surface area contributed by atoms with Gasteiger partial charge in [0.2, 0.25) is 5.91 Å². The third-order valence-corrected chi connectivity index (χ3v) is 4.61. The van der Waals surface area contributed by atoms with Crippen molar-refractivity contribution in [2.75, 3.05) is 13.1 Å². The fraction of sp³-hybridized carbons (Fsp3) is 0.615. The molecule has 1 heterocycles. The van der Waals surface area contributed by atoms with Crippen molar-refractivity contribution in [3.63, 3.8) is 0 Å². The molecule has 1 aromatic rings. The SMILES string of the molecule is NCC1(C(=O)NCCc2cccs2)CCCC1. The molecule has 1 amide bonds. The highest BCUT2D eigenvalue weighted by molar-refractivity contribution is 7.09. The van der Waals surface area contributed by atoms with Gasteiger partial charge in [-0.1, -0.05) is 18.9 Å². The smallest absolute Gasteiger partial charge is 0.227 e. The standard InChI is InChI=1S/C13H20N2OS/c14-10-13(6-1-2-7-13)12(16)15-8-5-11-4-3-9-17-11/h3-4,9H,1-2,5-8,10,14H2,(H,15,16). The molecule has 1 aliphatic carbocycles. The van der Waals surface area contributed by atoms with Crippen LogP contribution in [-0.2, 0) is 11.2 Å². The summed E-state index contributed by atoms with van der Waals surface area (Å²) in [4.78, 5) is 13.5. The first kappa shape index (κ1) is 12.6. The first-order valence-corrected chi connectivity index (χ1v) is 7.15. The van der Waals surface area contributed by atoms with Gasteiger partial charge in [-0.2, -0.15) is 0 Å². The lowest BCUT2D eigenvalue weighted by molar-refractivity contribution is -0.130. The number of carbonyl (C=O) groups excluding carboxylic acids is 1. The molecule has 0 aliphatic heterocycles. The Kier molecular flexibility index (Phi) is 4.18. The molecular weight excluding hydrogens is 232 g/mol. The maximum atomic E-state index is 12.1. The molecule has 0 unspecified atom stereocenters. The Morgan fingerprint density at radius 3 is 2.82 bits per heavy atom. The van der Waals surface area contributed by atoms with E-state index in [1.165, 1.54) is 4.88 Å². The zero-order valence-electron chi connectivity index (χ0n) is 10.1. The number of nitrogens with one attached hydrogen (secondary N) is 1. The van der Waals surface area contributed by atoms with Crippen LogP contribution < -0.4 is 11.1 Å². The van der Waals surface area contributed by atoms with Crippen LogP contribution in [0, 0.1) is 5.41 Å². The Balaban J connectivity index is 1.80. The molecule has 0 bridgehead atoms. The van der Waals surface area contributed by atoms with Crippen molar-refractivity contribution in [1.82, 2.24) is 5.32 Å². The topological polar surface area (TPSA) is 55.1 Å². The molecule has 94 valence electrons. The lowest BCUT2D eigenvalue weighted by atomic mass is 9.85. The lowest BCUT2D eigenvalue weighted by Crippen LogP contribution is -2.44. The molecule has 4 heteroatoms. The van der Waals surface area contributed by atoms with Crippen molar-refractivity contribution in [2.45, 2.75) is 32.1 Å². The van der Waals surface area contributed by atoms with E-state index in [1.807, 2.05) is 6.07 Å². The first-order chi connectivity index (χ1) is 8.27. The molecular formula is C13H20N2OS. The van der Waals surface area contributed by atoms with E-state index in [2.05, 4.69) is 16.8 Å². The molecule has 1 fully saturated rings. The Morgan fingerprint density at radius 2 is 2.24 bits per heavy atom. The molecule has 1 saturated carbocycles. The maximum Gasteiger partial charge on any atom is 0.227 e. The van der Waals surface area contributed by atoms with Crippen molar-refractivity contribution in [2.24, 2.45) is 11.1 Å². The van der Waals surface area contributed by atoms with Crippen molar-refractivity contribution < 1.29 is 4.79 Å². The number of rotatable bonds is 5. The molecule has 0 atom stereocenters. The third kappa shape index (κ3) is 2.87. The quantitative estimate of drug-likeness (QED) is 0.841. The second-order valence-electron chi connectivity index (χ2n) is 4.78. The Labute approximate surface area is 106 Å². The summed E-state index contributed by atoms with van der Waals surface area (Å²) in [5.41, 5.74) is 5.51. The normalized spacial score (nSPS) is 18.2. The highest BCUT2D eigenvalue weighted by Gasteiger charge is 2.39. The van der Waals surface area contributed by atoms with Gasteiger partial charge in [-0.15, -0.1) is 11.3 Å². The number of hydrogen-bond acceptors (Lipinski definition) is 3. The average Bonchev–Trinajstić information content (AvgIpc) is 3.00. The van der Waals surface area contributed by atoms with Crippen LogP contribution in [0.3, 0.4) is 0 Å². The maximum absolute atomic E-state index is 12.1. The summed E-state index contributed by atoms with van der Waals surface area (Å²) in [5, 5.41) is 5.11. The van der Waals surface area contributed by atoms with Crippen LogP contribution in [0.15, 0.2) is 17.5 Å². The van der Waals surface area contributed by atoms with Crippen LogP contribution in [-0.4, -0.2) is 19.0 Å². The van der Waals surface area contributed by atoms with Crippen LogP contribution >= 0.6 is 11.3 Å². The van der Waals surface area contributed by atoms with Gasteiger partial charge in [0.1, 0.15) is 0 Å². The first-order valence-electron chi connectivity index (χ1n) is 6.28. The van der Waals surface area contributed by atoms with E-state index in [4.69, 9.17) is 5.73 Å². The second kappa shape index (κ2) is 5.65. The molecule has 2 rings (SSSR count). The minimum absolute atomic E-state index is 0.161. The van der Waals surface area contributed by atoms with E-state index in [0.29, 0.717) is 6.54 Å². The van der Waals surface area contributed by atoms with Crippen molar-refractivity contribution in [3.8, 4) is 0 Å². The van der Waals surface area contributed by atoms with Gasteiger partial charge in [0, 0.05) is 18.0 Å². The molecule has 0 saturated heterocycles. The van der Waals surface area contributed by atoms with E-state index in [1.54, 1.807) is 11.3 Å². The fourth-order valence-corrected chi connectivity index (χ4v) is 3.23. The van der Waals surface area contributed by atoms with Crippen LogP contribution in [0.4, 0.5) is 0 Å². The summed E-state index contributed by atoms with van der Waals surface area (Å²) in [5.74, 6) is 0.161. The second-order valence-corrected chi connectivity index (χ2v) is 5.81. The molecule has 3 nitrogen and oxygen atoms in total. The summed E-state index contributed by atoms with van der Waals surface area (Å²) in [6.07, 6.45) is 5.10. The number of thiophene rings is 1. The third-order valence-electron chi connectivity index (χ3n) is 3.67. The molecule has 0 aromatic carbocycles. The van der Waals surface area contributed by atoms with Crippen molar-refractivity contribution in [3.05, 3.63) is 22.4 Å². The average molecular weight is 252 g/mol. The predicted molar refractivity (Wildman–Crippen MR) is 71.0 cm³/mol. The number of amides is 1. The van der Waals surface area contributed by atoms with Gasteiger partial charge in [-0.25, -0.2) is 0 Å². The summed E-state index contributed by atoms with van der Waals surface area (Å²) in [6, 6.07) is 4.14. The summed E-state index contributed by atoms with van der Waals surface area (Å²) in [7, 11) is 0. The summed E-state index contributed by atoms with van der Waals surface area (Å²) < 4.78 is 0. The van der Waals surface area contributed by atoms with Gasteiger partial charge < -0.3 is 11.1 Å². The fourth-order valence-electron chi connectivity index (χ4n) is 2.52. The molecule has 3 N–H and O–H groups in total. The van der Waals surface area contributed by atoms with Crippen LogP contribution in [0.25, 0.3) is 0 Å². The summed E-state index contributed by atoms with van der Waals surface area (Å²) >= 11 is 1.74. The highest BCUT2D eigenvalue weighted by atomic mass is 32.1. The largest absolute Gasteiger partial charge is 0.355 e. The van der Waals surface area contributed by atoms with Crippen molar-refractivity contribution in [1.29, 1.82) is 0 Å². The van der Waals surface area contributed by atoms with E-state index in [-0.39, 0.29) is 11.3 Å².